The van der Waals surface area contributed by atoms with Crippen LogP contribution >= 0.6 is 0 Å². The number of carbonyl (C=O) groups is 1. The van der Waals surface area contributed by atoms with Crippen LogP contribution in [-0.2, 0) is 0 Å². The number of pyridine rings is 1. The van der Waals surface area contributed by atoms with Gasteiger partial charge in [-0.15, -0.1) is 0 Å². The Morgan fingerprint density at radius 1 is 1.21 bits per heavy atom. The fourth-order valence-corrected chi connectivity index (χ4v) is 3.31. The van der Waals surface area contributed by atoms with Crippen LogP contribution in [0.2, 0.25) is 0 Å². The van der Waals surface area contributed by atoms with Crippen LogP contribution in [-0.4, -0.2) is 38.4 Å². The number of imidazole rings is 1. The minimum absolute atomic E-state index is 0.0456. The van der Waals surface area contributed by atoms with Gasteiger partial charge in [-0.1, -0.05) is 6.07 Å². The van der Waals surface area contributed by atoms with Crippen molar-refractivity contribution in [2.24, 2.45) is 0 Å². The molecule has 1 amide bonds. The number of carbonyl (C=O) groups excluding carboxylic acids is 1. The van der Waals surface area contributed by atoms with Gasteiger partial charge in [-0.05, 0) is 37.1 Å². The summed E-state index contributed by atoms with van der Waals surface area (Å²) in [4.78, 5) is 22.9. The second-order valence-electron chi connectivity index (χ2n) is 6.05. The third-order valence-corrected chi connectivity index (χ3v) is 4.50. The number of halogens is 1. The molecule has 5 nitrogen and oxygen atoms in total. The molecule has 1 aromatic carbocycles. The Bertz CT molecular complexity index is 877. The van der Waals surface area contributed by atoms with Crippen molar-refractivity contribution < 1.29 is 9.18 Å². The minimum atomic E-state index is -0.289. The Morgan fingerprint density at radius 2 is 2.12 bits per heavy atom. The van der Waals surface area contributed by atoms with Crippen molar-refractivity contribution in [2.75, 3.05) is 13.1 Å². The SMILES string of the molecule is O=C(c1ccccn1)N1CCC[C@H](n2cnc3cc(F)ccc32)C1. The van der Waals surface area contributed by atoms with Crippen LogP contribution in [0.4, 0.5) is 4.39 Å². The van der Waals surface area contributed by atoms with Crippen molar-refractivity contribution in [2.45, 2.75) is 18.9 Å². The average Bonchev–Trinajstić information content (AvgIpc) is 3.05. The van der Waals surface area contributed by atoms with Gasteiger partial charge in [-0.2, -0.15) is 0 Å². The highest BCUT2D eigenvalue weighted by Crippen LogP contribution is 2.26. The highest BCUT2D eigenvalue weighted by Gasteiger charge is 2.26. The van der Waals surface area contributed by atoms with Gasteiger partial charge in [0.15, 0.2) is 0 Å². The van der Waals surface area contributed by atoms with Gasteiger partial charge in [-0.3, -0.25) is 9.78 Å². The number of hydrogen-bond donors (Lipinski definition) is 0. The third kappa shape index (κ3) is 2.64. The zero-order chi connectivity index (χ0) is 16.5. The number of nitrogens with zero attached hydrogens (tertiary/aromatic N) is 4. The molecule has 1 fully saturated rings. The fourth-order valence-electron chi connectivity index (χ4n) is 3.31. The molecule has 2 aromatic heterocycles. The number of likely N-dealkylation sites (tertiary alicyclic amines) is 1. The number of hydrogen-bond acceptors (Lipinski definition) is 3. The molecule has 1 atom stereocenters. The van der Waals surface area contributed by atoms with Crippen molar-refractivity contribution in [3.05, 3.63) is 60.4 Å². The maximum absolute atomic E-state index is 13.3. The van der Waals surface area contributed by atoms with E-state index in [1.165, 1.54) is 12.1 Å². The third-order valence-electron chi connectivity index (χ3n) is 4.50. The normalized spacial score (nSPS) is 18.0. The number of rotatable bonds is 2. The predicted octanol–water partition coefficient (Wildman–Crippen LogP) is 3.05. The van der Waals surface area contributed by atoms with Crippen LogP contribution in [0, 0.1) is 5.82 Å². The highest BCUT2D eigenvalue weighted by molar-refractivity contribution is 5.92. The number of fused-ring (bicyclic) bond motifs is 1. The smallest absolute Gasteiger partial charge is 0.272 e. The van der Waals surface area contributed by atoms with E-state index in [1.54, 1.807) is 30.7 Å². The van der Waals surface area contributed by atoms with E-state index in [9.17, 15) is 9.18 Å². The molecule has 122 valence electrons. The molecule has 24 heavy (non-hydrogen) atoms. The number of benzene rings is 1. The molecule has 0 aliphatic carbocycles. The first-order valence-electron chi connectivity index (χ1n) is 8.05. The van der Waals surface area contributed by atoms with E-state index in [-0.39, 0.29) is 17.8 Å². The molecule has 0 spiro atoms. The fraction of sp³-hybridized carbons (Fsp3) is 0.278. The topological polar surface area (TPSA) is 51.0 Å². The van der Waals surface area contributed by atoms with Crippen molar-refractivity contribution in [3.63, 3.8) is 0 Å². The first-order chi connectivity index (χ1) is 11.7. The summed E-state index contributed by atoms with van der Waals surface area (Å²) < 4.78 is 15.4. The molecule has 3 heterocycles. The lowest BCUT2D eigenvalue weighted by Crippen LogP contribution is -2.40. The van der Waals surface area contributed by atoms with Gasteiger partial charge in [0.25, 0.3) is 5.91 Å². The monoisotopic (exact) mass is 324 g/mol. The molecular formula is C18H17FN4O. The van der Waals surface area contributed by atoms with Gasteiger partial charge in [0.2, 0.25) is 0 Å². The number of aromatic nitrogens is 3. The molecule has 0 bridgehead atoms. The van der Waals surface area contributed by atoms with Crippen LogP contribution in [0.25, 0.3) is 11.0 Å². The van der Waals surface area contributed by atoms with E-state index < -0.39 is 0 Å². The highest BCUT2D eigenvalue weighted by atomic mass is 19.1. The van der Waals surface area contributed by atoms with Crippen molar-refractivity contribution >= 4 is 16.9 Å². The average molecular weight is 324 g/mol. The van der Waals surface area contributed by atoms with Gasteiger partial charge < -0.3 is 9.47 Å². The Hall–Kier alpha value is -2.76. The molecule has 0 radical (unpaired) electrons. The van der Waals surface area contributed by atoms with Gasteiger partial charge >= 0.3 is 0 Å². The van der Waals surface area contributed by atoms with E-state index in [4.69, 9.17) is 0 Å². The lowest BCUT2D eigenvalue weighted by Gasteiger charge is -2.33. The van der Waals surface area contributed by atoms with Crippen LogP contribution in [0.15, 0.2) is 48.9 Å². The first-order valence-corrected chi connectivity index (χ1v) is 8.05. The summed E-state index contributed by atoms with van der Waals surface area (Å²) in [5.41, 5.74) is 2.01. The summed E-state index contributed by atoms with van der Waals surface area (Å²) in [6.07, 6.45) is 5.26. The Kier molecular flexibility index (Phi) is 3.72. The molecule has 1 saturated heterocycles. The zero-order valence-corrected chi connectivity index (χ0v) is 13.1. The summed E-state index contributed by atoms with van der Waals surface area (Å²) in [6, 6.07) is 10.1. The minimum Gasteiger partial charge on any atom is -0.335 e. The number of piperidine rings is 1. The molecule has 1 aliphatic heterocycles. The van der Waals surface area contributed by atoms with Crippen molar-refractivity contribution in [3.8, 4) is 0 Å². The summed E-state index contributed by atoms with van der Waals surface area (Å²) in [6.45, 7) is 1.34. The Morgan fingerprint density at radius 3 is 2.96 bits per heavy atom. The first kappa shape index (κ1) is 14.8. The standard InChI is InChI=1S/C18H17FN4O/c19-13-6-7-17-16(10-13)21-12-23(17)14-4-3-9-22(11-14)18(24)15-5-1-2-8-20-15/h1-2,5-8,10,12,14H,3-4,9,11H2/t14-/m0/s1. The Balaban J connectivity index is 1.59. The zero-order valence-electron chi connectivity index (χ0n) is 13.1. The van der Waals surface area contributed by atoms with Crippen LogP contribution < -0.4 is 0 Å². The second-order valence-corrected chi connectivity index (χ2v) is 6.05. The predicted molar refractivity (Wildman–Crippen MR) is 88.1 cm³/mol. The summed E-state index contributed by atoms with van der Waals surface area (Å²) in [5, 5.41) is 0. The quantitative estimate of drug-likeness (QED) is 0.728. The molecule has 0 unspecified atom stereocenters. The maximum atomic E-state index is 13.3. The van der Waals surface area contributed by atoms with E-state index in [0.29, 0.717) is 17.8 Å². The number of amides is 1. The maximum Gasteiger partial charge on any atom is 0.272 e. The molecule has 0 N–H and O–H groups in total. The summed E-state index contributed by atoms with van der Waals surface area (Å²) in [5.74, 6) is -0.334. The largest absolute Gasteiger partial charge is 0.335 e. The van der Waals surface area contributed by atoms with E-state index in [0.717, 1.165) is 24.9 Å². The van der Waals surface area contributed by atoms with Gasteiger partial charge in [-0.25, -0.2) is 9.37 Å². The van der Waals surface area contributed by atoms with Crippen molar-refractivity contribution in [1.82, 2.24) is 19.4 Å². The lowest BCUT2D eigenvalue weighted by molar-refractivity contribution is 0.0675. The van der Waals surface area contributed by atoms with E-state index >= 15 is 0 Å². The summed E-state index contributed by atoms with van der Waals surface area (Å²) >= 11 is 0. The molecule has 4 rings (SSSR count). The van der Waals surface area contributed by atoms with Crippen LogP contribution in [0.5, 0.6) is 0 Å². The van der Waals surface area contributed by atoms with Gasteiger partial charge in [0.1, 0.15) is 11.5 Å². The molecule has 3 aromatic rings. The second kappa shape index (κ2) is 6.03. The van der Waals surface area contributed by atoms with E-state index in [2.05, 4.69) is 9.97 Å². The molecule has 1 aliphatic rings. The van der Waals surface area contributed by atoms with Gasteiger partial charge in [0, 0.05) is 25.4 Å². The molecular weight excluding hydrogens is 307 g/mol. The summed E-state index contributed by atoms with van der Waals surface area (Å²) in [7, 11) is 0. The van der Waals surface area contributed by atoms with Gasteiger partial charge in [0.05, 0.1) is 23.4 Å². The van der Waals surface area contributed by atoms with Crippen LogP contribution in [0.1, 0.15) is 29.4 Å². The molecule has 6 heteroatoms. The lowest BCUT2D eigenvalue weighted by atomic mass is 10.0. The Labute approximate surface area is 138 Å². The van der Waals surface area contributed by atoms with Crippen LogP contribution in [0.3, 0.4) is 0 Å². The van der Waals surface area contributed by atoms with Crippen molar-refractivity contribution in [1.29, 1.82) is 0 Å². The molecule has 0 saturated carbocycles. The van der Waals surface area contributed by atoms with E-state index in [1.807, 2.05) is 15.5 Å².